The van der Waals surface area contributed by atoms with Gasteiger partial charge < -0.3 is 19.1 Å². The fraction of sp³-hybridized carbons (Fsp3) is 0.579. The summed E-state index contributed by atoms with van der Waals surface area (Å²) in [6, 6.07) is 5.65. The molecule has 0 radical (unpaired) electrons. The van der Waals surface area contributed by atoms with Gasteiger partial charge in [0.05, 0.1) is 27.2 Å². The first-order valence-electron chi connectivity index (χ1n) is 8.42. The molecule has 1 amide bonds. The van der Waals surface area contributed by atoms with Crippen LogP contribution in [0.4, 0.5) is 0 Å². The van der Waals surface area contributed by atoms with E-state index in [4.69, 9.17) is 14.2 Å². The smallest absolute Gasteiger partial charge is 0.310 e. The molecule has 1 rings (SSSR count). The highest BCUT2D eigenvalue weighted by atomic mass is 16.5. The van der Waals surface area contributed by atoms with Gasteiger partial charge in [-0.05, 0) is 38.0 Å². The molecule has 0 bridgehead atoms. The van der Waals surface area contributed by atoms with Gasteiger partial charge in [-0.3, -0.25) is 9.59 Å². The van der Waals surface area contributed by atoms with Crippen LogP contribution >= 0.6 is 0 Å². The van der Waals surface area contributed by atoms with Crippen molar-refractivity contribution in [1.82, 2.24) is 4.90 Å². The molecule has 6 heteroatoms. The van der Waals surface area contributed by atoms with Crippen molar-refractivity contribution in [3.05, 3.63) is 23.8 Å². The van der Waals surface area contributed by atoms with E-state index < -0.39 is 0 Å². The maximum Gasteiger partial charge on any atom is 0.310 e. The van der Waals surface area contributed by atoms with E-state index in [-0.39, 0.29) is 23.8 Å². The Morgan fingerprint density at radius 2 is 1.68 bits per heavy atom. The summed E-state index contributed by atoms with van der Waals surface area (Å²) in [5.74, 6) is 0.664. The Bertz CT molecular complexity index is 585. The monoisotopic (exact) mass is 351 g/mol. The van der Waals surface area contributed by atoms with E-state index in [0.29, 0.717) is 30.9 Å². The molecule has 0 spiro atoms. The molecule has 0 aliphatic heterocycles. The van der Waals surface area contributed by atoms with Crippen LogP contribution in [-0.2, 0) is 20.7 Å². The van der Waals surface area contributed by atoms with E-state index in [0.717, 1.165) is 5.56 Å². The number of amides is 1. The molecule has 0 saturated carbocycles. The molecule has 0 fully saturated rings. The number of esters is 1. The summed E-state index contributed by atoms with van der Waals surface area (Å²) in [5, 5.41) is 0. The van der Waals surface area contributed by atoms with Crippen molar-refractivity contribution in [3.8, 4) is 11.5 Å². The van der Waals surface area contributed by atoms with Crippen molar-refractivity contribution in [2.75, 3.05) is 27.9 Å². The molecule has 6 nitrogen and oxygen atoms in total. The fourth-order valence-corrected chi connectivity index (χ4v) is 2.60. The lowest BCUT2D eigenvalue weighted by Crippen LogP contribution is -2.41. The molecule has 0 aliphatic carbocycles. The summed E-state index contributed by atoms with van der Waals surface area (Å²) in [6.07, 6.45) is 0.955. The van der Waals surface area contributed by atoms with Crippen molar-refractivity contribution in [3.63, 3.8) is 0 Å². The zero-order valence-electron chi connectivity index (χ0n) is 16.0. The number of hydrogen-bond donors (Lipinski definition) is 0. The van der Waals surface area contributed by atoms with Gasteiger partial charge in [-0.25, -0.2) is 0 Å². The Kier molecular flexibility index (Phi) is 8.25. The first kappa shape index (κ1) is 20.8. The number of aryl methyl sites for hydroxylation is 1. The molecule has 140 valence electrons. The van der Waals surface area contributed by atoms with Crippen molar-refractivity contribution < 1.29 is 23.8 Å². The predicted octanol–water partition coefficient (Wildman–Crippen LogP) is 2.68. The minimum atomic E-state index is -0.350. The van der Waals surface area contributed by atoms with E-state index in [1.54, 1.807) is 26.0 Å². The van der Waals surface area contributed by atoms with Gasteiger partial charge in [-0.15, -0.1) is 0 Å². The molecule has 1 unspecified atom stereocenters. The number of hydrogen-bond acceptors (Lipinski definition) is 5. The summed E-state index contributed by atoms with van der Waals surface area (Å²) in [6.45, 7) is 6.01. The topological polar surface area (TPSA) is 65.1 Å². The van der Waals surface area contributed by atoms with Gasteiger partial charge in [0.15, 0.2) is 11.5 Å². The SMILES string of the molecule is COC(=O)C(C)CN(C(=O)CCc1ccc(OC)c(OC)c1)C(C)C. The largest absolute Gasteiger partial charge is 0.493 e. The molecule has 0 heterocycles. The molecule has 0 saturated heterocycles. The number of benzene rings is 1. The van der Waals surface area contributed by atoms with Crippen molar-refractivity contribution in [1.29, 1.82) is 0 Å². The van der Waals surface area contributed by atoms with Crippen LogP contribution in [0.15, 0.2) is 18.2 Å². The van der Waals surface area contributed by atoms with Gasteiger partial charge in [-0.2, -0.15) is 0 Å². The van der Waals surface area contributed by atoms with Crippen LogP contribution in [-0.4, -0.2) is 50.7 Å². The average Bonchev–Trinajstić information content (AvgIpc) is 2.62. The van der Waals surface area contributed by atoms with Gasteiger partial charge in [-0.1, -0.05) is 13.0 Å². The summed E-state index contributed by atoms with van der Waals surface area (Å²) in [5.41, 5.74) is 0.996. The lowest BCUT2D eigenvalue weighted by Gasteiger charge is -2.29. The number of rotatable bonds is 9. The molecule has 0 aromatic heterocycles. The minimum Gasteiger partial charge on any atom is -0.493 e. The van der Waals surface area contributed by atoms with Crippen LogP contribution in [0.5, 0.6) is 11.5 Å². The standard InChI is InChI=1S/C19H29NO5/c1-13(2)20(12-14(3)19(22)25-6)18(21)10-8-15-7-9-16(23-4)17(11-15)24-5/h7,9,11,13-14H,8,10,12H2,1-6H3. The van der Waals surface area contributed by atoms with Crippen LogP contribution in [0.3, 0.4) is 0 Å². The van der Waals surface area contributed by atoms with E-state index in [1.165, 1.54) is 7.11 Å². The average molecular weight is 351 g/mol. The Labute approximate surface area is 150 Å². The van der Waals surface area contributed by atoms with Crippen molar-refractivity contribution in [2.45, 2.75) is 39.7 Å². The predicted molar refractivity (Wildman–Crippen MR) is 95.9 cm³/mol. The molecule has 1 aromatic rings. The Morgan fingerprint density at radius 3 is 2.20 bits per heavy atom. The molecular formula is C19H29NO5. The number of ether oxygens (including phenoxy) is 3. The van der Waals surface area contributed by atoms with Crippen LogP contribution in [0.2, 0.25) is 0 Å². The molecule has 25 heavy (non-hydrogen) atoms. The third-order valence-corrected chi connectivity index (χ3v) is 4.09. The summed E-state index contributed by atoms with van der Waals surface area (Å²) in [4.78, 5) is 25.9. The summed E-state index contributed by atoms with van der Waals surface area (Å²) < 4.78 is 15.3. The Balaban J connectivity index is 2.73. The second-order valence-electron chi connectivity index (χ2n) is 6.25. The van der Waals surface area contributed by atoms with Crippen LogP contribution in [0.25, 0.3) is 0 Å². The first-order chi connectivity index (χ1) is 11.8. The number of nitrogens with zero attached hydrogens (tertiary/aromatic N) is 1. The van der Waals surface area contributed by atoms with Gasteiger partial charge >= 0.3 is 5.97 Å². The van der Waals surface area contributed by atoms with Gasteiger partial charge in [0.1, 0.15) is 0 Å². The van der Waals surface area contributed by atoms with Crippen LogP contribution < -0.4 is 9.47 Å². The lowest BCUT2D eigenvalue weighted by molar-refractivity contribution is -0.146. The highest BCUT2D eigenvalue weighted by molar-refractivity contribution is 5.78. The third kappa shape index (κ3) is 5.96. The van der Waals surface area contributed by atoms with E-state index in [9.17, 15) is 9.59 Å². The molecule has 0 N–H and O–H groups in total. The van der Waals surface area contributed by atoms with E-state index in [2.05, 4.69) is 0 Å². The van der Waals surface area contributed by atoms with E-state index >= 15 is 0 Å². The number of carbonyl (C=O) groups excluding carboxylic acids is 2. The zero-order valence-corrected chi connectivity index (χ0v) is 16.0. The molecule has 1 atom stereocenters. The maximum atomic E-state index is 12.6. The first-order valence-corrected chi connectivity index (χ1v) is 8.42. The molecule has 0 aliphatic rings. The maximum absolute atomic E-state index is 12.6. The van der Waals surface area contributed by atoms with Crippen LogP contribution in [0, 0.1) is 5.92 Å². The van der Waals surface area contributed by atoms with Crippen molar-refractivity contribution in [2.24, 2.45) is 5.92 Å². The minimum absolute atomic E-state index is 0.0144. The van der Waals surface area contributed by atoms with Gasteiger partial charge in [0, 0.05) is 19.0 Å². The van der Waals surface area contributed by atoms with Gasteiger partial charge in [0.25, 0.3) is 0 Å². The second-order valence-corrected chi connectivity index (χ2v) is 6.25. The highest BCUT2D eigenvalue weighted by Crippen LogP contribution is 2.28. The molecular weight excluding hydrogens is 322 g/mol. The fourth-order valence-electron chi connectivity index (χ4n) is 2.60. The highest BCUT2D eigenvalue weighted by Gasteiger charge is 2.23. The Morgan fingerprint density at radius 1 is 1.04 bits per heavy atom. The summed E-state index contributed by atoms with van der Waals surface area (Å²) >= 11 is 0. The Hall–Kier alpha value is -2.24. The quantitative estimate of drug-likeness (QED) is 0.640. The van der Waals surface area contributed by atoms with E-state index in [1.807, 2.05) is 32.0 Å². The lowest BCUT2D eigenvalue weighted by atomic mass is 10.1. The molecule has 1 aromatic carbocycles. The van der Waals surface area contributed by atoms with Crippen LogP contribution in [0.1, 0.15) is 32.8 Å². The zero-order chi connectivity index (χ0) is 19.0. The normalized spacial score (nSPS) is 11.8. The summed E-state index contributed by atoms with van der Waals surface area (Å²) in [7, 11) is 4.53. The number of methoxy groups -OCH3 is 3. The second kappa shape index (κ2) is 9.91. The van der Waals surface area contributed by atoms with Gasteiger partial charge in [0.2, 0.25) is 5.91 Å². The number of carbonyl (C=O) groups is 2. The van der Waals surface area contributed by atoms with Crippen molar-refractivity contribution >= 4 is 11.9 Å². The third-order valence-electron chi connectivity index (χ3n) is 4.09.